The number of hydrogen-bond acceptors (Lipinski definition) is 4. The summed E-state index contributed by atoms with van der Waals surface area (Å²) in [6.07, 6.45) is 0. The summed E-state index contributed by atoms with van der Waals surface area (Å²) in [6, 6.07) is 10.3. The third kappa shape index (κ3) is 3.08. The van der Waals surface area contributed by atoms with Crippen LogP contribution < -0.4 is 14.8 Å². The molecule has 0 saturated carbocycles. The van der Waals surface area contributed by atoms with Gasteiger partial charge in [0.1, 0.15) is 11.5 Å². The molecule has 1 unspecified atom stereocenters. The van der Waals surface area contributed by atoms with Crippen molar-refractivity contribution in [3.8, 4) is 11.5 Å². The average molecular weight is 277 g/mol. The Bertz CT molecular complexity index is 507. The topological polar surface area (TPSA) is 30.5 Å². The quantitative estimate of drug-likeness (QED) is 0.877. The summed E-state index contributed by atoms with van der Waals surface area (Å²) >= 11 is 1.71. The maximum Gasteiger partial charge on any atom is 0.134 e. The summed E-state index contributed by atoms with van der Waals surface area (Å²) in [5, 5.41) is 5.56. The lowest BCUT2D eigenvalue weighted by molar-refractivity contribution is 0.407. The molecule has 19 heavy (non-hydrogen) atoms. The molecule has 0 radical (unpaired) electrons. The fourth-order valence-corrected chi connectivity index (χ4v) is 3.01. The number of benzene rings is 1. The minimum atomic E-state index is 0.158. The minimum Gasteiger partial charge on any atom is -0.497 e. The molecule has 2 aromatic rings. The molecule has 0 aliphatic rings. The van der Waals surface area contributed by atoms with Crippen molar-refractivity contribution in [2.75, 3.05) is 20.8 Å². The van der Waals surface area contributed by atoms with Crippen molar-refractivity contribution in [3.05, 3.63) is 46.2 Å². The summed E-state index contributed by atoms with van der Waals surface area (Å²) in [7, 11) is 3.39. The maximum absolute atomic E-state index is 5.42. The van der Waals surface area contributed by atoms with E-state index < -0.39 is 0 Å². The van der Waals surface area contributed by atoms with Crippen LogP contribution in [0, 0.1) is 0 Å². The zero-order valence-corrected chi connectivity index (χ0v) is 12.3. The highest BCUT2D eigenvalue weighted by atomic mass is 32.1. The smallest absolute Gasteiger partial charge is 0.134 e. The van der Waals surface area contributed by atoms with Crippen molar-refractivity contribution in [1.82, 2.24) is 5.32 Å². The van der Waals surface area contributed by atoms with Gasteiger partial charge in [0.2, 0.25) is 0 Å². The molecule has 0 amide bonds. The molecule has 1 N–H and O–H groups in total. The summed E-state index contributed by atoms with van der Waals surface area (Å²) in [6.45, 7) is 3.01. The van der Waals surface area contributed by atoms with Crippen LogP contribution in [0.5, 0.6) is 11.5 Å². The van der Waals surface area contributed by atoms with E-state index in [1.54, 1.807) is 25.6 Å². The first-order valence-corrected chi connectivity index (χ1v) is 7.16. The summed E-state index contributed by atoms with van der Waals surface area (Å²) in [5.74, 6) is 1.81. The van der Waals surface area contributed by atoms with Gasteiger partial charge in [-0.1, -0.05) is 19.1 Å². The van der Waals surface area contributed by atoms with Gasteiger partial charge < -0.3 is 14.8 Å². The zero-order chi connectivity index (χ0) is 13.7. The summed E-state index contributed by atoms with van der Waals surface area (Å²) in [5.41, 5.74) is 1.21. The Hall–Kier alpha value is -1.52. The molecular weight excluding hydrogens is 258 g/mol. The van der Waals surface area contributed by atoms with Crippen LogP contribution in [0.4, 0.5) is 0 Å². The fraction of sp³-hybridized carbons (Fsp3) is 0.333. The Morgan fingerprint density at radius 3 is 2.42 bits per heavy atom. The molecule has 3 nitrogen and oxygen atoms in total. The van der Waals surface area contributed by atoms with Crippen LogP contribution in [-0.4, -0.2) is 20.8 Å². The zero-order valence-electron chi connectivity index (χ0n) is 11.5. The van der Waals surface area contributed by atoms with E-state index in [9.17, 15) is 0 Å². The van der Waals surface area contributed by atoms with E-state index in [0.29, 0.717) is 0 Å². The molecule has 0 spiro atoms. The van der Waals surface area contributed by atoms with Crippen LogP contribution in [0.25, 0.3) is 0 Å². The van der Waals surface area contributed by atoms with E-state index >= 15 is 0 Å². The first-order valence-electron chi connectivity index (χ1n) is 6.28. The van der Waals surface area contributed by atoms with Crippen molar-refractivity contribution in [3.63, 3.8) is 0 Å². The van der Waals surface area contributed by atoms with Gasteiger partial charge in [0.05, 0.1) is 25.1 Å². The van der Waals surface area contributed by atoms with E-state index in [2.05, 4.69) is 29.8 Å². The Morgan fingerprint density at radius 2 is 1.84 bits per heavy atom. The van der Waals surface area contributed by atoms with Gasteiger partial charge in [0.15, 0.2) is 0 Å². The normalized spacial score (nSPS) is 12.2. The van der Waals surface area contributed by atoms with Crippen LogP contribution in [-0.2, 0) is 0 Å². The van der Waals surface area contributed by atoms with Crippen LogP contribution >= 0.6 is 11.3 Å². The van der Waals surface area contributed by atoms with Gasteiger partial charge in [-0.3, -0.25) is 0 Å². The summed E-state index contributed by atoms with van der Waals surface area (Å²) in [4.78, 5) is 1.20. The Balaban J connectivity index is 2.33. The van der Waals surface area contributed by atoms with Gasteiger partial charge in [0, 0.05) is 0 Å². The SMILES string of the molecule is CCNC(c1ccc(OC)cc1)c1sccc1OC. The maximum atomic E-state index is 5.42. The van der Waals surface area contributed by atoms with Crippen molar-refractivity contribution in [2.24, 2.45) is 0 Å². The van der Waals surface area contributed by atoms with Gasteiger partial charge in [0.25, 0.3) is 0 Å². The monoisotopic (exact) mass is 277 g/mol. The van der Waals surface area contributed by atoms with Crippen molar-refractivity contribution >= 4 is 11.3 Å². The van der Waals surface area contributed by atoms with Crippen LogP contribution in [0.15, 0.2) is 35.7 Å². The number of thiophene rings is 1. The molecule has 102 valence electrons. The number of ether oxygens (including phenoxy) is 2. The van der Waals surface area contributed by atoms with Gasteiger partial charge in [-0.05, 0) is 35.7 Å². The van der Waals surface area contributed by atoms with Crippen molar-refractivity contribution < 1.29 is 9.47 Å². The molecule has 0 bridgehead atoms. The molecule has 1 heterocycles. The van der Waals surface area contributed by atoms with Crippen molar-refractivity contribution in [2.45, 2.75) is 13.0 Å². The number of nitrogens with one attached hydrogen (secondary N) is 1. The lowest BCUT2D eigenvalue weighted by atomic mass is 10.0. The molecule has 0 saturated heterocycles. The van der Waals surface area contributed by atoms with Gasteiger partial charge in [-0.15, -0.1) is 11.3 Å². The fourth-order valence-electron chi connectivity index (χ4n) is 2.05. The minimum absolute atomic E-state index is 0.158. The number of methoxy groups -OCH3 is 2. The highest BCUT2D eigenvalue weighted by Gasteiger charge is 2.18. The van der Waals surface area contributed by atoms with E-state index in [4.69, 9.17) is 9.47 Å². The lowest BCUT2D eigenvalue weighted by Crippen LogP contribution is -2.21. The van der Waals surface area contributed by atoms with E-state index in [0.717, 1.165) is 18.0 Å². The third-order valence-electron chi connectivity index (χ3n) is 3.00. The number of hydrogen-bond donors (Lipinski definition) is 1. The first kappa shape index (κ1) is 13.9. The molecule has 0 aliphatic heterocycles. The largest absolute Gasteiger partial charge is 0.497 e. The molecule has 1 aromatic heterocycles. The first-order chi connectivity index (χ1) is 9.30. The number of rotatable bonds is 6. The van der Waals surface area contributed by atoms with E-state index in [1.807, 2.05) is 18.2 Å². The molecule has 0 aliphatic carbocycles. The highest BCUT2D eigenvalue weighted by Crippen LogP contribution is 2.35. The van der Waals surface area contributed by atoms with Gasteiger partial charge in [-0.25, -0.2) is 0 Å². The molecule has 2 rings (SSSR count). The third-order valence-corrected chi connectivity index (χ3v) is 3.96. The van der Waals surface area contributed by atoms with Crippen LogP contribution in [0.1, 0.15) is 23.4 Å². The van der Waals surface area contributed by atoms with Crippen molar-refractivity contribution in [1.29, 1.82) is 0 Å². The van der Waals surface area contributed by atoms with Gasteiger partial charge >= 0.3 is 0 Å². The van der Waals surface area contributed by atoms with Gasteiger partial charge in [-0.2, -0.15) is 0 Å². The summed E-state index contributed by atoms with van der Waals surface area (Å²) < 4.78 is 10.6. The second kappa shape index (κ2) is 6.59. The average Bonchev–Trinajstić information content (AvgIpc) is 2.93. The van der Waals surface area contributed by atoms with Crippen LogP contribution in [0.3, 0.4) is 0 Å². The Kier molecular flexibility index (Phi) is 4.82. The second-order valence-electron chi connectivity index (χ2n) is 4.12. The second-order valence-corrected chi connectivity index (χ2v) is 5.06. The highest BCUT2D eigenvalue weighted by molar-refractivity contribution is 7.10. The Morgan fingerprint density at radius 1 is 1.11 bits per heavy atom. The van der Waals surface area contributed by atoms with E-state index in [-0.39, 0.29) is 6.04 Å². The molecular formula is C15H19NO2S. The molecule has 1 atom stereocenters. The predicted molar refractivity (Wildman–Crippen MR) is 79.4 cm³/mol. The standard InChI is InChI=1S/C15H19NO2S/c1-4-16-14(15-13(18-3)9-10-19-15)11-5-7-12(17-2)8-6-11/h5-10,14,16H,4H2,1-3H3. The lowest BCUT2D eigenvalue weighted by Gasteiger charge is -2.18. The van der Waals surface area contributed by atoms with E-state index in [1.165, 1.54) is 10.4 Å². The molecule has 4 heteroatoms. The molecule has 1 aromatic carbocycles. The van der Waals surface area contributed by atoms with Crippen LogP contribution in [0.2, 0.25) is 0 Å². The molecule has 0 fully saturated rings. The Labute approximate surface area is 118 Å². The predicted octanol–water partition coefficient (Wildman–Crippen LogP) is 3.46.